The number of nitriles is 1. The molecule has 0 aliphatic rings. The average Bonchev–Trinajstić information content (AvgIpc) is 2.95. The van der Waals surface area contributed by atoms with E-state index in [0.717, 1.165) is 34.7 Å². The molecule has 3 rings (SSSR count). The monoisotopic (exact) mass is 364 g/mol. The molecule has 0 aliphatic heterocycles. The van der Waals surface area contributed by atoms with E-state index in [4.69, 9.17) is 16.9 Å². The zero-order valence-corrected chi connectivity index (χ0v) is 16.2. The van der Waals surface area contributed by atoms with Crippen molar-refractivity contribution in [2.75, 3.05) is 11.4 Å². The van der Waals surface area contributed by atoms with Crippen LogP contribution in [0.4, 0.5) is 11.4 Å². The second-order valence-corrected chi connectivity index (χ2v) is 6.76. The Hall–Kier alpha value is -2.77. The molecular formula is C21H21ClN4. The maximum Gasteiger partial charge on any atom is 0.101 e. The van der Waals surface area contributed by atoms with Crippen LogP contribution in [0, 0.1) is 25.2 Å². The molecular weight excluding hydrogens is 344 g/mol. The van der Waals surface area contributed by atoms with Gasteiger partial charge in [0, 0.05) is 36.7 Å². The molecule has 0 saturated heterocycles. The second kappa shape index (κ2) is 7.23. The van der Waals surface area contributed by atoms with Gasteiger partial charge in [0.2, 0.25) is 0 Å². The predicted molar refractivity (Wildman–Crippen MR) is 107 cm³/mol. The average molecular weight is 365 g/mol. The van der Waals surface area contributed by atoms with E-state index in [1.165, 1.54) is 5.56 Å². The Kier molecular flexibility index (Phi) is 5.01. The van der Waals surface area contributed by atoms with Gasteiger partial charge in [-0.25, -0.2) is 0 Å². The van der Waals surface area contributed by atoms with Gasteiger partial charge in [-0.05, 0) is 56.2 Å². The molecule has 1 heterocycles. The van der Waals surface area contributed by atoms with Gasteiger partial charge in [-0.3, -0.25) is 4.68 Å². The molecule has 0 saturated carbocycles. The highest BCUT2D eigenvalue weighted by molar-refractivity contribution is 6.32. The van der Waals surface area contributed by atoms with Crippen LogP contribution in [0.5, 0.6) is 0 Å². The van der Waals surface area contributed by atoms with E-state index in [9.17, 15) is 0 Å². The number of benzene rings is 2. The molecule has 0 fully saturated rings. The number of hydrogen-bond donors (Lipinski definition) is 0. The van der Waals surface area contributed by atoms with Crippen molar-refractivity contribution in [3.63, 3.8) is 0 Å². The molecule has 0 spiro atoms. The fourth-order valence-electron chi connectivity index (χ4n) is 3.19. The van der Waals surface area contributed by atoms with Crippen molar-refractivity contribution >= 4 is 23.0 Å². The van der Waals surface area contributed by atoms with E-state index in [0.29, 0.717) is 10.6 Å². The fourth-order valence-corrected chi connectivity index (χ4v) is 3.41. The number of hydrogen-bond acceptors (Lipinski definition) is 3. The molecule has 0 radical (unpaired) electrons. The second-order valence-electron chi connectivity index (χ2n) is 6.36. The predicted octanol–water partition coefficient (Wildman–Crippen LogP) is 5.39. The molecule has 4 nitrogen and oxygen atoms in total. The third kappa shape index (κ3) is 3.31. The molecule has 2 aromatic carbocycles. The van der Waals surface area contributed by atoms with Gasteiger partial charge in [-0.1, -0.05) is 23.7 Å². The SMILES string of the molecule is CCN(c1ccc(C#N)c(Cl)c1)c1cc(-c2nn(C)cc2C)ccc1C. The first-order chi connectivity index (χ1) is 12.4. The topological polar surface area (TPSA) is 44.9 Å². The van der Waals surface area contributed by atoms with Crippen molar-refractivity contribution in [3.05, 3.63) is 64.3 Å². The maximum atomic E-state index is 9.10. The molecule has 0 amide bonds. The quantitative estimate of drug-likeness (QED) is 0.623. The highest BCUT2D eigenvalue weighted by atomic mass is 35.5. The van der Waals surface area contributed by atoms with Crippen LogP contribution in [0.2, 0.25) is 5.02 Å². The van der Waals surface area contributed by atoms with Gasteiger partial charge in [-0.2, -0.15) is 10.4 Å². The van der Waals surface area contributed by atoms with Crippen LogP contribution in [-0.4, -0.2) is 16.3 Å². The molecule has 3 aromatic rings. The standard InChI is InChI=1S/C21H21ClN4/c1-5-26(18-9-8-17(12-23)19(22)11-18)20-10-16(7-6-14(20)2)21-15(3)13-25(4)24-21/h6-11,13H,5H2,1-4H3. The Morgan fingerprint density at radius 1 is 1.15 bits per heavy atom. The van der Waals surface area contributed by atoms with E-state index in [1.54, 1.807) is 6.07 Å². The minimum Gasteiger partial charge on any atom is -0.341 e. The summed E-state index contributed by atoms with van der Waals surface area (Å²) in [6.07, 6.45) is 2.02. The van der Waals surface area contributed by atoms with Gasteiger partial charge >= 0.3 is 0 Å². The van der Waals surface area contributed by atoms with Crippen LogP contribution in [0.25, 0.3) is 11.3 Å². The Labute approximate surface area is 159 Å². The van der Waals surface area contributed by atoms with E-state index in [-0.39, 0.29) is 0 Å². The van der Waals surface area contributed by atoms with Crippen LogP contribution in [0.1, 0.15) is 23.6 Å². The summed E-state index contributed by atoms with van der Waals surface area (Å²) in [7, 11) is 1.93. The molecule has 0 unspecified atom stereocenters. The summed E-state index contributed by atoms with van der Waals surface area (Å²) in [6.45, 7) is 7.05. The molecule has 5 heteroatoms. The van der Waals surface area contributed by atoms with E-state index >= 15 is 0 Å². The Bertz CT molecular complexity index is 998. The largest absolute Gasteiger partial charge is 0.341 e. The molecule has 0 atom stereocenters. The van der Waals surface area contributed by atoms with Crippen molar-refractivity contribution in [2.24, 2.45) is 7.05 Å². The summed E-state index contributed by atoms with van der Waals surface area (Å²) >= 11 is 6.25. The number of nitrogens with zero attached hydrogens (tertiary/aromatic N) is 4. The van der Waals surface area contributed by atoms with Crippen LogP contribution in [0.3, 0.4) is 0 Å². The number of aromatic nitrogens is 2. The third-order valence-electron chi connectivity index (χ3n) is 4.49. The molecule has 26 heavy (non-hydrogen) atoms. The Morgan fingerprint density at radius 2 is 1.92 bits per heavy atom. The summed E-state index contributed by atoms with van der Waals surface area (Å²) in [6, 6.07) is 14.1. The summed E-state index contributed by atoms with van der Waals surface area (Å²) in [4.78, 5) is 2.20. The van der Waals surface area contributed by atoms with Gasteiger partial charge in [0.1, 0.15) is 6.07 Å². The van der Waals surface area contributed by atoms with E-state index in [1.807, 2.05) is 30.1 Å². The molecule has 0 N–H and O–H groups in total. The van der Waals surface area contributed by atoms with Crippen molar-refractivity contribution in [1.82, 2.24) is 9.78 Å². The summed E-state index contributed by atoms with van der Waals surface area (Å²) in [5.41, 5.74) is 6.95. The number of rotatable bonds is 4. The molecule has 1 aromatic heterocycles. The van der Waals surface area contributed by atoms with Gasteiger partial charge in [-0.15, -0.1) is 0 Å². The van der Waals surface area contributed by atoms with Crippen molar-refractivity contribution < 1.29 is 0 Å². The third-order valence-corrected chi connectivity index (χ3v) is 4.80. The lowest BCUT2D eigenvalue weighted by molar-refractivity contribution is 0.770. The Morgan fingerprint density at radius 3 is 2.50 bits per heavy atom. The van der Waals surface area contributed by atoms with Gasteiger partial charge < -0.3 is 4.90 Å². The first-order valence-electron chi connectivity index (χ1n) is 8.53. The number of anilines is 2. The van der Waals surface area contributed by atoms with E-state index in [2.05, 4.69) is 55.0 Å². The first kappa shape index (κ1) is 18.0. The van der Waals surface area contributed by atoms with Crippen molar-refractivity contribution in [1.29, 1.82) is 5.26 Å². The van der Waals surface area contributed by atoms with Gasteiger partial charge in [0.15, 0.2) is 0 Å². The first-order valence-corrected chi connectivity index (χ1v) is 8.90. The lowest BCUT2D eigenvalue weighted by Gasteiger charge is -2.26. The maximum absolute atomic E-state index is 9.10. The molecule has 132 valence electrons. The van der Waals surface area contributed by atoms with Crippen molar-refractivity contribution in [3.8, 4) is 17.3 Å². The minimum atomic E-state index is 0.470. The lowest BCUT2D eigenvalue weighted by Crippen LogP contribution is -2.17. The fraction of sp³-hybridized carbons (Fsp3) is 0.238. The molecule has 0 bridgehead atoms. The lowest BCUT2D eigenvalue weighted by atomic mass is 10.0. The zero-order valence-electron chi connectivity index (χ0n) is 15.4. The Balaban J connectivity index is 2.09. The number of halogens is 1. The highest BCUT2D eigenvalue weighted by Crippen LogP contribution is 2.34. The zero-order chi connectivity index (χ0) is 18.8. The van der Waals surface area contributed by atoms with Crippen molar-refractivity contribution in [2.45, 2.75) is 20.8 Å². The molecule has 0 aliphatic carbocycles. The van der Waals surface area contributed by atoms with Gasteiger partial charge in [0.05, 0.1) is 16.3 Å². The summed E-state index contributed by atoms with van der Waals surface area (Å²) < 4.78 is 1.84. The number of aryl methyl sites for hydroxylation is 3. The minimum absolute atomic E-state index is 0.470. The van der Waals surface area contributed by atoms with Crippen LogP contribution in [-0.2, 0) is 7.05 Å². The highest BCUT2D eigenvalue weighted by Gasteiger charge is 2.15. The van der Waals surface area contributed by atoms with Crippen LogP contribution < -0.4 is 4.90 Å². The summed E-state index contributed by atoms with van der Waals surface area (Å²) in [5, 5.41) is 14.2. The normalized spacial score (nSPS) is 10.6. The van der Waals surface area contributed by atoms with Crippen LogP contribution >= 0.6 is 11.6 Å². The van der Waals surface area contributed by atoms with E-state index < -0.39 is 0 Å². The van der Waals surface area contributed by atoms with Crippen LogP contribution in [0.15, 0.2) is 42.6 Å². The summed E-state index contributed by atoms with van der Waals surface area (Å²) in [5.74, 6) is 0. The van der Waals surface area contributed by atoms with Gasteiger partial charge in [0.25, 0.3) is 0 Å². The smallest absolute Gasteiger partial charge is 0.101 e.